The number of para-hydroxylation sites is 2. The van der Waals surface area contributed by atoms with Gasteiger partial charge >= 0.3 is 5.69 Å². The number of aromatic nitrogens is 2. The van der Waals surface area contributed by atoms with Crippen molar-refractivity contribution in [1.82, 2.24) is 9.55 Å². The molecule has 1 heterocycles. The van der Waals surface area contributed by atoms with Crippen LogP contribution < -0.4 is 5.69 Å². The Balaban J connectivity index is 2.04. The van der Waals surface area contributed by atoms with Gasteiger partial charge in [0.05, 0.1) is 11.0 Å². The summed E-state index contributed by atoms with van der Waals surface area (Å²) < 4.78 is 7.26. The van der Waals surface area contributed by atoms with E-state index in [1.807, 2.05) is 24.3 Å². The lowest BCUT2D eigenvalue weighted by molar-refractivity contribution is 0.0878. The number of ether oxygens (including phenoxy) is 1. The van der Waals surface area contributed by atoms with E-state index in [9.17, 15) is 4.79 Å². The maximum atomic E-state index is 11.8. The summed E-state index contributed by atoms with van der Waals surface area (Å²) in [6.45, 7) is 7.99. The number of fused-ring (bicyclic) bond motifs is 1. The minimum absolute atomic E-state index is 0.107. The number of hydrogen-bond donors (Lipinski definition) is 1. The van der Waals surface area contributed by atoms with E-state index in [-0.39, 0.29) is 5.69 Å². The summed E-state index contributed by atoms with van der Waals surface area (Å²) in [6, 6.07) is 8.78. The van der Waals surface area contributed by atoms with Crippen molar-refractivity contribution < 1.29 is 4.74 Å². The van der Waals surface area contributed by atoms with E-state index in [2.05, 4.69) is 24.6 Å². The molecule has 0 saturated carbocycles. The maximum absolute atomic E-state index is 11.8. The van der Waals surface area contributed by atoms with Gasteiger partial charge < -0.3 is 9.72 Å². The fourth-order valence-corrected chi connectivity index (χ4v) is 2.53. The summed E-state index contributed by atoms with van der Waals surface area (Å²) in [7, 11) is -1.07. The molecule has 1 aromatic heterocycles. The minimum atomic E-state index is -1.07. The molecule has 0 bridgehead atoms. The molecule has 2 aromatic rings. The van der Waals surface area contributed by atoms with E-state index in [0.717, 1.165) is 23.7 Å². The molecular weight excluding hydrogens is 244 g/mol. The van der Waals surface area contributed by atoms with Gasteiger partial charge in [0.15, 0.2) is 0 Å². The number of benzene rings is 1. The summed E-state index contributed by atoms with van der Waals surface area (Å²) in [5.74, 6) is 0. The Morgan fingerprint density at radius 2 is 2.00 bits per heavy atom. The van der Waals surface area contributed by atoms with Crippen LogP contribution in [0.5, 0.6) is 0 Å². The van der Waals surface area contributed by atoms with Gasteiger partial charge in [-0.2, -0.15) is 0 Å². The van der Waals surface area contributed by atoms with E-state index < -0.39 is 8.07 Å². The fourth-order valence-electron chi connectivity index (χ4n) is 1.77. The standard InChI is InChI=1S/C13H20N2O2Si/c1-18(2,3)9-8-17-10-15-12-7-5-4-6-11(12)14-13(15)16/h4-7H,8-10H2,1-3H3,(H,14,16). The Kier molecular flexibility index (Phi) is 3.73. The first-order valence-electron chi connectivity index (χ1n) is 6.23. The largest absolute Gasteiger partial charge is 0.361 e. The monoisotopic (exact) mass is 264 g/mol. The highest BCUT2D eigenvalue weighted by molar-refractivity contribution is 6.76. The van der Waals surface area contributed by atoms with Gasteiger partial charge in [0.1, 0.15) is 6.73 Å². The van der Waals surface area contributed by atoms with E-state index in [0.29, 0.717) is 6.73 Å². The molecule has 5 heteroatoms. The van der Waals surface area contributed by atoms with Crippen LogP contribution in [0.1, 0.15) is 0 Å². The van der Waals surface area contributed by atoms with Crippen LogP contribution >= 0.6 is 0 Å². The molecule has 98 valence electrons. The Morgan fingerprint density at radius 1 is 1.28 bits per heavy atom. The second-order valence-electron chi connectivity index (χ2n) is 5.72. The fraction of sp³-hybridized carbons (Fsp3) is 0.462. The molecule has 0 spiro atoms. The highest BCUT2D eigenvalue weighted by atomic mass is 28.3. The summed E-state index contributed by atoms with van der Waals surface area (Å²) in [5.41, 5.74) is 1.65. The molecule has 0 radical (unpaired) electrons. The Labute approximate surface area is 108 Å². The van der Waals surface area contributed by atoms with Gasteiger partial charge in [-0.15, -0.1) is 0 Å². The van der Waals surface area contributed by atoms with Crippen molar-refractivity contribution in [3.8, 4) is 0 Å². The zero-order valence-electron chi connectivity index (χ0n) is 11.2. The zero-order valence-corrected chi connectivity index (χ0v) is 12.2. The van der Waals surface area contributed by atoms with Crippen LogP contribution in [0.3, 0.4) is 0 Å². The summed E-state index contributed by atoms with van der Waals surface area (Å²) in [4.78, 5) is 14.6. The molecule has 18 heavy (non-hydrogen) atoms. The third-order valence-electron chi connectivity index (χ3n) is 2.90. The molecule has 4 nitrogen and oxygen atoms in total. The van der Waals surface area contributed by atoms with E-state index in [4.69, 9.17) is 4.74 Å². The average Bonchev–Trinajstić information content (AvgIpc) is 2.59. The van der Waals surface area contributed by atoms with Crippen LogP contribution in [0, 0.1) is 0 Å². The number of aromatic amines is 1. The van der Waals surface area contributed by atoms with Gasteiger partial charge in [-0.05, 0) is 18.2 Å². The normalized spacial score (nSPS) is 12.2. The highest BCUT2D eigenvalue weighted by Crippen LogP contribution is 2.10. The van der Waals surface area contributed by atoms with E-state index in [1.165, 1.54) is 0 Å². The second kappa shape index (κ2) is 5.12. The quantitative estimate of drug-likeness (QED) is 0.666. The van der Waals surface area contributed by atoms with Crippen molar-refractivity contribution in [3.63, 3.8) is 0 Å². The molecule has 0 amide bonds. The molecular formula is C13H20N2O2Si. The number of nitrogens with one attached hydrogen (secondary N) is 1. The van der Waals surface area contributed by atoms with Crippen molar-refractivity contribution in [2.45, 2.75) is 32.4 Å². The molecule has 0 aliphatic heterocycles. The van der Waals surface area contributed by atoms with E-state index in [1.54, 1.807) is 4.57 Å². The van der Waals surface area contributed by atoms with Crippen molar-refractivity contribution in [1.29, 1.82) is 0 Å². The second-order valence-corrected chi connectivity index (χ2v) is 11.3. The molecule has 0 aliphatic rings. The van der Waals surface area contributed by atoms with Crippen LogP contribution in [0.2, 0.25) is 25.7 Å². The number of H-pyrrole nitrogens is 1. The molecule has 0 fully saturated rings. The lowest BCUT2D eigenvalue weighted by atomic mass is 10.3. The topological polar surface area (TPSA) is 47.0 Å². The van der Waals surface area contributed by atoms with Crippen molar-refractivity contribution in [3.05, 3.63) is 34.7 Å². The lowest BCUT2D eigenvalue weighted by Crippen LogP contribution is -2.23. The SMILES string of the molecule is C[Si](C)(C)CCOCn1c(=O)[nH]c2ccccc21. The van der Waals surface area contributed by atoms with Gasteiger partial charge in [0.25, 0.3) is 0 Å². The highest BCUT2D eigenvalue weighted by Gasteiger charge is 2.12. The minimum Gasteiger partial charge on any atom is -0.361 e. The van der Waals surface area contributed by atoms with Crippen LogP contribution in [-0.2, 0) is 11.5 Å². The van der Waals surface area contributed by atoms with Gasteiger partial charge in [-0.1, -0.05) is 31.8 Å². The van der Waals surface area contributed by atoms with Gasteiger partial charge in [0, 0.05) is 14.7 Å². The maximum Gasteiger partial charge on any atom is 0.328 e. The third-order valence-corrected chi connectivity index (χ3v) is 4.60. The van der Waals surface area contributed by atoms with Gasteiger partial charge in [-0.25, -0.2) is 4.79 Å². The molecule has 2 rings (SSSR count). The van der Waals surface area contributed by atoms with Crippen LogP contribution in [0.25, 0.3) is 11.0 Å². The van der Waals surface area contributed by atoms with Crippen LogP contribution in [0.15, 0.2) is 29.1 Å². The van der Waals surface area contributed by atoms with Crippen molar-refractivity contribution in [2.75, 3.05) is 6.61 Å². The molecule has 1 N–H and O–H groups in total. The number of nitrogens with zero attached hydrogens (tertiary/aromatic N) is 1. The Hall–Kier alpha value is -1.33. The Bertz CT molecular complexity index is 580. The molecule has 1 aromatic carbocycles. The summed E-state index contributed by atoms with van der Waals surface area (Å²) >= 11 is 0. The number of imidazole rings is 1. The van der Waals surface area contributed by atoms with Crippen molar-refractivity contribution >= 4 is 19.1 Å². The summed E-state index contributed by atoms with van der Waals surface area (Å²) in [5, 5.41) is 0. The van der Waals surface area contributed by atoms with Crippen molar-refractivity contribution in [2.24, 2.45) is 0 Å². The smallest absolute Gasteiger partial charge is 0.328 e. The van der Waals surface area contributed by atoms with E-state index >= 15 is 0 Å². The first-order valence-corrected chi connectivity index (χ1v) is 9.93. The van der Waals surface area contributed by atoms with Crippen LogP contribution in [0.4, 0.5) is 0 Å². The predicted octanol–water partition coefficient (Wildman–Crippen LogP) is 2.64. The molecule has 0 unspecified atom stereocenters. The first-order chi connectivity index (χ1) is 8.47. The third kappa shape index (κ3) is 3.11. The average molecular weight is 264 g/mol. The first kappa shape index (κ1) is 13.1. The van der Waals surface area contributed by atoms with Crippen LogP contribution in [-0.4, -0.2) is 24.2 Å². The Morgan fingerprint density at radius 3 is 2.72 bits per heavy atom. The zero-order chi connectivity index (χ0) is 13.2. The molecule has 0 saturated heterocycles. The molecule has 0 aliphatic carbocycles. The predicted molar refractivity (Wildman–Crippen MR) is 76.7 cm³/mol. The van der Waals surface area contributed by atoms with Gasteiger partial charge in [0.2, 0.25) is 0 Å². The molecule has 0 atom stereocenters. The number of rotatable bonds is 5. The number of hydrogen-bond acceptors (Lipinski definition) is 2. The lowest BCUT2D eigenvalue weighted by Gasteiger charge is -2.15. The van der Waals surface area contributed by atoms with Gasteiger partial charge in [-0.3, -0.25) is 4.57 Å². The summed E-state index contributed by atoms with van der Waals surface area (Å²) in [6.07, 6.45) is 0.